The maximum atomic E-state index is 10.5. The molecule has 0 bridgehead atoms. The summed E-state index contributed by atoms with van der Waals surface area (Å²) >= 11 is 0. The van der Waals surface area contributed by atoms with E-state index in [9.17, 15) is 15.0 Å². The number of hydrogen-bond donors (Lipinski definition) is 4. The zero-order valence-electron chi connectivity index (χ0n) is 8.11. The van der Waals surface area contributed by atoms with E-state index in [-0.39, 0.29) is 6.61 Å². The number of aliphatic hydroxyl groups excluding tert-OH is 4. The Bertz CT molecular complexity index is 231. The second kappa shape index (κ2) is 4.86. The molecule has 1 saturated heterocycles. The maximum absolute atomic E-state index is 10.5. The summed E-state index contributed by atoms with van der Waals surface area (Å²) in [5.74, 6) is -0.569. The lowest BCUT2D eigenvalue weighted by Crippen LogP contribution is -2.58. The molecule has 0 radical (unpaired) electrons. The van der Waals surface area contributed by atoms with Crippen LogP contribution in [0.4, 0.5) is 0 Å². The fourth-order valence-electron chi connectivity index (χ4n) is 1.27. The third-order valence-corrected chi connectivity index (χ3v) is 2.14. The first-order valence-electron chi connectivity index (χ1n) is 4.44. The molecule has 0 aromatic rings. The van der Waals surface area contributed by atoms with Crippen LogP contribution in [0.1, 0.15) is 6.92 Å². The minimum Gasteiger partial charge on any atom is -0.463 e. The van der Waals surface area contributed by atoms with E-state index in [0.717, 1.165) is 0 Å². The van der Waals surface area contributed by atoms with Gasteiger partial charge < -0.3 is 29.9 Å². The Morgan fingerprint density at radius 3 is 2.33 bits per heavy atom. The lowest BCUT2D eigenvalue weighted by atomic mass is 9.99. The van der Waals surface area contributed by atoms with Gasteiger partial charge in [0.15, 0.2) is 6.29 Å². The largest absolute Gasteiger partial charge is 0.463 e. The smallest absolute Gasteiger partial charge is 0.302 e. The molecule has 0 spiro atoms. The lowest BCUT2D eigenvalue weighted by Gasteiger charge is -2.37. The molecule has 0 amide bonds. The molecule has 0 saturated carbocycles. The Kier molecular flexibility index (Phi) is 4.00. The SMILES string of the molecule is CC(=O)OC[C@@H]1O[C@@H](O)[C@@H](O)[C@@H](O)[C@H]1O. The van der Waals surface area contributed by atoms with Crippen LogP contribution >= 0.6 is 0 Å². The van der Waals surface area contributed by atoms with Gasteiger partial charge in [-0.1, -0.05) is 0 Å². The second-order valence-corrected chi connectivity index (χ2v) is 3.34. The van der Waals surface area contributed by atoms with E-state index < -0.39 is 36.7 Å². The van der Waals surface area contributed by atoms with Crippen LogP contribution in [0, 0.1) is 0 Å². The third-order valence-electron chi connectivity index (χ3n) is 2.14. The average Bonchev–Trinajstić information content (AvgIpc) is 2.18. The minimum atomic E-state index is -1.61. The molecule has 1 fully saturated rings. The quantitative estimate of drug-likeness (QED) is 0.377. The molecule has 0 aromatic carbocycles. The van der Waals surface area contributed by atoms with Gasteiger partial charge in [-0.05, 0) is 0 Å². The van der Waals surface area contributed by atoms with Gasteiger partial charge in [0.2, 0.25) is 0 Å². The highest BCUT2D eigenvalue weighted by atomic mass is 16.6. The molecule has 1 heterocycles. The predicted octanol–water partition coefficient (Wildman–Crippen LogP) is -2.65. The number of carbonyl (C=O) groups excluding carboxylic acids is 1. The van der Waals surface area contributed by atoms with Crippen molar-refractivity contribution in [2.75, 3.05) is 6.61 Å². The molecule has 15 heavy (non-hydrogen) atoms. The van der Waals surface area contributed by atoms with Gasteiger partial charge in [-0.3, -0.25) is 4.79 Å². The summed E-state index contributed by atoms with van der Waals surface area (Å²) in [4.78, 5) is 10.5. The normalized spacial score (nSPS) is 41.3. The monoisotopic (exact) mass is 222 g/mol. The van der Waals surface area contributed by atoms with Crippen LogP contribution in [-0.2, 0) is 14.3 Å². The summed E-state index contributed by atoms with van der Waals surface area (Å²) in [6.45, 7) is 0.883. The van der Waals surface area contributed by atoms with E-state index in [2.05, 4.69) is 4.74 Å². The Morgan fingerprint density at radius 2 is 1.80 bits per heavy atom. The average molecular weight is 222 g/mol. The molecule has 7 heteroatoms. The van der Waals surface area contributed by atoms with Crippen LogP contribution in [0.5, 0.6) is 0 Å². The Hall–Kier alpha value is -0.730. The molecular weight excluding hydrogens is 208 g/mol. The first-order chi connectivity index (χ1) is 6.93. The summed E-state index contributed by atoms with van der Waals surface area (Å²) in [6, 6.07) is 0. The molecule has 4 N–H and O–H groups in total. The Labute approximate surface area is 85.9 Å². The molecular formula is C8H14O7. The zero-order valence-corrected chi connectivity index (χ0v) is 8.11. The highest BCUT2D eigenvalue weighted by Crippen LogP contribution is 2.19. The first kappa shape index (κ1) is 12.3. The van der Waals surface area contributed by atoms with Crippen molar-refractivity contribution in [3.63, 3.8) is 0 Å². The summed E-state index contributed by atoms with van der Waals surface area (Å²) in [5.41, 5.74) is 0. The van der Waals surface area contributed by atoms with Gasteiger partial charge >= 0.3 is 5.97 Å². The number of carbonyl (C=O) groups is 1. The molecule has 7 nitrogen and oxygen atoms in total. The number of rotatable bonds is 2. The van der Waals surface area contributed by atoms with Crippen LogP contribution < -0.4 is 0 Å². The van der Waals surface area contributed by atoms with Gasteiger partial charge in [0, 0.05) is 6.92 Å². The highest BCUT2D eigenvalue weighted by molar-refractivity contribution is 5.65. The number of aliphatic hydroxyl groups is 4. The van der Waals surface area contributed by atoms with Crippen molar-refractivity contribution in [3.8, 4) is 0 Å². The molecule has 88 valence electrons. The van der Waals surface area contributed by atoms with Gasteiger partial charge in [0.1, 0.15) is 31.0 Å². The zero-order chi connectivity index (χ0) is 11.6. The number of hydrogen-bond acceptors (Lipinski definition) is 7. The van der Waals surface area contributed by atoms with Gasteiger partial charge in [0.05, 0.1) is 0 Å². The van der Waals surface area contributed by atoms with E-state index in [0.29, 0.717) is 0 Å². The molecule has 1 aliphatic rings. The van der Waals surface area contributed by atoms with Crippen molar-refractivity contribution in [2.24, 2.45) is 0 Å². The van der Waals surface area contributed by atoms with Crippen LogP contribution in [0.15, 0.2) is 0 Å². The van der Waals surface area contributed by atoms with E-state index >= 15 is 0 Å². The molecule has 0 unspecified atom stereocenters. The summed E-state index contributed by atoms with van der Waals surface area (Å²) in [5, 5.41) is 36.9. The van der Waals surface area contributed by atoms with Crippen LogP contribution in [0.3, 0.4) is 0 Å². The lowest BCUT2D eigenvalue weighted by molar-refractivity contribution is -0.287. The van der Waals surface area contributed by atoms with E-state index in [1.165, 1.54) is 6.92 Å². The fourth-order valence-corrected chi connectivity index (χ4v) is 1.27. The van der Waals surface area contributed by atoms with Gasteiger partial charge in [-0.25, -0.2) is 0 Å². The Morgan fingerprint density at radius 1 is 1.20 bits per heavy atom. The summed E-state index contributed by atoms with van der Waals surface area (Å²) in [6.07, 6.45) is -7.18. The molecule has 0 aliphatic carbocycles. The molecule has 0 aromatic heterocycles. The standard InChI is InChI=1S/C8H14O7/c1-3(9)14-2-4-5(10)6(11)7(12)8(13)15-4/h4-8,10-13H,2H2,1H3/t4-,5-,6-,7-,8+/m0/s1. The third kappa shape index (κ3) is 2.86. The first-order valence-corrected chi connectivity index (χ1v) is 4.44. The number of esters is 1. The van der Waals surface area contributed by atoms with Crippen molar-refractivity contribution in [2.45, 2.75) is 37.6 Å². The van der Waals surface area contributed by atoms with Crippen LogP contribution in [0.2, 0.25) is 0 Å². The Balaban J connectivity index is 2.54. The van der Waals surface area contributed by atoms with Gasteiger partial charge in [0.25, 0.3) is 0 Å². The van der Waals surface area contributed by atoms with Crippen molar-refractivity contribution in [1.29, 1.82) is 0 Å². The fraction of sp³-hybridized carbons (Fsp3) is 0.875. The van der Waals surface area contributed by atoms with Gasteiger partial charge in [-0.2, -0.15) is 0 Å². The number of ether oxygens (including phenoxy) is 2. The molecule has 1 rings (SSSR count). The predicted molar refractivity (Wildman–Crippen MR) is 45.5 cm³/mol. The highest BCUT2D eigenvalue weighted by Gasteiger charge is 2.43. The van der Waals surface area contributed by atoms with Crippen molar-refractivity contribution < 1.29 is 34.7 Å². The molecule has 5 atom stereocenters. The van der Waals surface area contributed by atoms with Gasteiger partial charge in [-0.15, -0.1) is 0 Å². The second-order valence-electron chi connectivity index (χ2n) is 3.34. The van der Waals surface area contributed by atoms with E-state index in [1.807, 2.05) is 0 Å². The van der Waals surface area contributed by atoms with Crippen LogP contribution in [0.25, 0.3) is 0 Å². The maximum Gasteiger partial charge on any atom is 0.302 e. The minimum absolute atomic E-state index is 0.294. The van der Waals surface area contributed by atoms with E-state index in [1.54, 1.807) is 0 Å². The van der Waals surface area contributed by atoms with E-state index in [4.69, 9.17) is 14.9 Å². The summed E-state index contributed by atoms with van der Waals surface area (Å²) < 4.78 is 9.31. The topological polar surface area (TPSA) is 116 Å². The summed E-state index contributed by atoms with van der Waals surface area (Å²) in [7, 11) is 0. The molecule has 1 aliphatic heterocycles. The van der Waals surface area contributed by atoms with Crippen molar-refractivity contribution >= 4 is 5.97 Å². The van der Waals surface area contributed by atoms with Crippen molar-refractivity contribution in [1.82, 2.24) is 0 Å². The van der Waals surface area contributed by atoms with Crippen molar-refractivity contribution in [3.05, 3.63) is 0 Å². The van der Waals surface area contributed by atoms with Crippen LogP contribution in [-0.4, -0.2) is 63.7 Å².